The molecular weight excluding hydrogens is 202 g/mol. The van der Waals surface area contributed by atoms with Crippen molar-refractivity contribution in [3.05, 3.63) is 0 Å². The fraction of sp³-hybridized carbons (Fsp3) is 0.900. The number of rotatable bonds is 4. The van der Waals surface area contributed by atoms with Gasteiger partial charge in [-0.3, -0.25) is 4.79 Å². The maximum atomic E-state index is 11.7. The third-order valence-electron chi connectivity index (χ3n) is 2.61. The number of hydrogen-bond acceptors (Lipinski definition) is 2. The molecule has 1 atom stereocenters. The third kappa shape index (κ3) is 3.14. The summed E-state index contributed by atoms with van der Waals surface area (Å²) in [5, 5.41) is 0. The first-order valence-electron chi connectivity index (χ1n) is 5.14. The van der Waals surface area contributed by atoms with Gasteiger partial charge in [-0.1, -0.05) is 0 Å². The molecule has 0 radical (unpaired) electrons. The van der Waals surface area contributed by atoms with Crippen LogP contribution in [0.15, 0.2) is 0 Å². The molecule has 1 aliphatic heterocycles. The van der Waals surface area contributed by atoms with Crippen LogP contribution in [0.2, 0.25) is 0 Å². The van der Waals surface area contributed by atoms with Crippen molar-refractivity contribution in [2.24, 2.45) is 0 Å². The first kappa shape index (κ1) is 11.8. The molecule has 3 nitrogen and oxygen atoms in total. The summed E-state index contributed by atoms with van der Waals surface area (Å²) in [6.45, 7) is 1.51. The van der Waals surface area contributed by atoms with E-state index in [0.717, 1.165) is 19.4 Å². The maximum absolute atomic E-state index is 11.7. The number of amides is 1. The number of ether oxygens (including phenoxy) is 1. The second-order valence-electron chi connectivity index (χ2n) is 3.63. The van der Waals surface area contributed by atoms with Gasteiger partial charge in [-0.05, 0) is 19.3 Å². The number of alkyl halides is 1. The smallest absolute Gasteiger partial charge is 0.224 e. The quantitative estimate of drug-likeness (QED) is 0.673. The topological polar surface area (TPSA) is 29.5 Å². The van der Waals surface area contributed by atoms with Crippen LogP contribution in [0.4, 0.5) is 0 Å². The molecule has 4 heteroatoms. The van der Waals surface area contributed by atoms with Crippen molar-refractivity contribution >= 4 is 17.5 Å². The number of halogens is 1. The standard InChI is InChI=1S/C10H18ClNO2/c1-14-8-9-4-2-3-7-12(9)10(13)5-6-11/h9H,2-8H2,1H3/t9-/m1/s1. The van der Waals surface area contributed by atoms with E-state index >= 15 is 0 Å². The van der Waals surface area contributed by atoms with Crippen LogP contribution in [-0.2, 0) is 9.53 Å². The molecule has 0 N–H and O–H groups in total. The molecule has 1 aliphatic rings. The Morgan fingerprint density at radius 2 is 2.36 bits per heavy atom. The van der Waals surface area contributed by atoms with Crippen molar-refractivity contribution in [3.63, 3.8) is 0 Å². The predicted octanol–water partition coefficient (Wildman–Crippen LogP) is 1.64. The van der Waals surface area contributed by atoms with Gasteiger partial charge in [0.1, 0.15) is 0 Å². The average Bonchev–Trinajstić information content (AvgIpc) is 2.19. The van der Waals surface area contributed by atoms with Crippen LogP contribution >= 0.6 is 11.6 Å². The number of carbonyl (C=O) groups excluding carboxylic acids is 1. The highest BCUT2D eigenvalue weighted by molar-refractivity contribution is 6.18. The highest BCUT2D eigenvalue weighted by Crippen LogP contribution is 2.18. The first-order valence-corrected chi connectivity index (χ1v) is 5.67. The summed E-state index contributed by atoms with van der Waals surface area (Å²) in [5.74, 6) is 0.580. The van der Waals surface area contributed by atoms with Crippen molar-refractivity contribution < 1.29 is 9.53 Å². The largest absolute Gasteiger partial charge is 0.383 e. The Balaban J connectivity index is 2.48. The van der Waals surface area contributed by atoms with E-state index in [1.165, 1.54) is 6.42 Å². The van der Waals surface area contributed by atoms with Crippen molar-refractivity contribution in [2.75, 3.05) is 26.1 Å². The van der Waals surface area contributed by atoms with Crippen molar-refractivity contribution in [3.8, 4) is 0 Å². The zero-order valence-electron chi connectivity index (χ0n) is 8.67. The van der Waals surface area contributed by atoms with E-state index in [4.69, 9.17) is 16.3 Å². The maximum Gasteiger partial charge on any atom is 0.224 e. The average molecular weight is 220 g/mol. The summed E-state index contributed by atoms with van der Waals surface area (Å²) < 4.78 is 5.11. The fourth-order valence-corrected chi connectivity index (χ4v) is 2.08. The Morgan fingerprint density at radius 1 is 1.57 bits per heavy atom. The Morgan fingerprint density at radius 3 is 3.00 bits per heavy atom. The van der Waals surface area contributed by atoms with E-state index in [-0.39, 0.29) is 11.9 Å². The molecule has 0 aliphatic carbocycles. The molecule has 1 saturated heterocycles. The molecule has 14 heavy (non-hydrogen) atoms. The molecule has 0 spiro atoms. The monoisotopic (exact) mass is 219 g/mol. The lowest BCUT2D eigenvalue weighted by Crippen LogP contribution is -2.46. The lowest BCUT2D eigenvalue weighted by Gasteiger charge is -2.35. The van der Waals surface area contributed by atoms with Crippen LogP contribution < -0.4 is 0 Å². The van der Waals surface area contributed by atoms with Crippen LogP contribution in [0.25, 0.3) is 0 Å². The van der Waals surface area contributed by atoms with E-state index in [2.05, 4.69) is 0 Å². The number of nitrogens with zero attached hydrogens (tertiary/aromatic N) is 1. The molecule has 82 valence electrons. The zero-order chi connectivity index (χ0) is 10.4. The molecule has 0 aromatic rings. The van der Waals surface area contributed by atoms with E-state index < -0.39 is 0 Å². The lowest BCUT2D eigenvalue weighted by atomic mass is 10.0. The molecule has 1 heterocycles. The first-order chi connectivity index (χ1) is 6.79. The Hall–Kier alpha value is -0.280. The molecule has 1 fully saturated rings. The van der Waals surface area contributed by atoms with Crippen LogP contribution in [0, 0.1) is 0 Å². The van der Waals surface area contributed by atoms with E-state index in [1.54, 1.807) is 7.11 Å². The van der Waals surface area contributed by atoms with Crippen LogP contribution in [-0.4, -0.2) is 43.0 Å². The molecule has 1 rings (SSSR count). The van der Waals surface area contributed by atoms with Gasteiger partial charge in [0.15, 0.2) is 0 Å². The second-order valence-corrected chi connectivity index (χ2v) is 4.01. The summed E-state index contributed by atoms with van der Waals surface area (Å²) in [5.41, 5.74) is 0. The number of carbonyl (C=O) groups is 1. The van der Waals surface area contributed by atoms with Gasteiger partial charge in [-0.25, -0.2) is 0 Å². The minimum atomic E-state index is 0.168. The summed E-state index contributed by atoms with van der Waals surface area (Å²) in [4.78, 5) is 13.6. The van der Waals surface area contributed by atoms with Gasteiger partial charge >= 0.3 is 0 Å². The lowest BCUT2D eigenvalue weighted by molar-refractivity contribution is -0.135. The van der Waals surface area contributed by atoms with Gasteiger partial charge < -0.3 is 9.64 Å². The molecule has 0 unspecified atom stereocenters. The highest BCUT2D eigenvalue weighted by atomic mass is 35.5. The van der Waals surface area contributed by atoms with Crippen molar-refractivity contribution in [1.82, 2.24) is 4.90 Å². The van der Waals surface area contributed by atoms with Gasteiger partial charge in [0.2, 0.25) is 5.91 Å². The summed E-state index contributed by atoms with van der Waals surface area (Å²) in [6.07, 6.45) is 3.80. The zero-order valence-corrected chi connectivity index (χ0v) is 9.42. The van der Waals surface area contributed by atoms with Crippen molar-refractivity contribution in [1.29, 1.82) is 0 Å². The van der Waals surface area contributed by atoms with E-state index in [9.17, 15) is 4.79 Å². The van der Waals surface area contributed by atoms with Crippen molar-refractivity contribution in [2.45, 2.75) is 31.7 Å². The second kappa shape index (κ2) is 6.25. The molecule has 0 aromatic carbocycles. The van der Waals surface area contributed by atoms with Gasteiger partial charge in [0, 0.05) is 26.0 Å². The van der Waals surface area contributed by atoms with Gasteiger partial charge in [-0.2, -0.15) is 0 Å². The number of hydrogen-bond donors (Lipinski definition) is 0. The highest BCUT2D eigenvalue weighted by Gasteiger charge is 2.25. The molecule has 1 amide bonds. The minimum absolute atomic E-state index is 0.168. The molecule has 0 bridgehead atoms. The Bertz CT molecular complexity index is 185. The summed E-state index contributed by atoms with van der Waals surface area (Å²) in [6, 6.07) is 0.268. The van der Waals surface area contributed by atoms with E-state index in [0.29, 0.717) is 18.9 Å². The Kier molecular flexibility index (Phi) is 5.26. The summed E-state index contributed by atoms with van der Waals surface area (Å²) in [7, 11) is 1.68. The number of piperidine rings is 1. The van der Waals surface area contributed by atoms with Crippen LogP contribution in [0.3, 0.4) is 0 Å². The van der Waals surface area contributed by atoms with Gasteiger partial charge in [-0.15, -0.1) is 11.6 Å². The third-order valence-corrected chi connectivity index (χ3v) is 2.80. The van der Waals surface area contributed by atoms with Gasteiger partial charge in [0.25, 0.3) is 0 Å². The SMILES string of the molecule is COC[C@H]1CCCCN1C(=O)CCCl. The summed E-state index contributed by atoms with van der Waals surface area (Å²) >= 11 is 5.56. The molecule has 0 saturated carbocycles. The van der Waals surface area contributed by atoms with E-state index in [1.807, 2.05) is 4.90 Å². The predicted molar refractivity (Wildman–Crippen MR) is 56.6 cm³/mol. The normalized spacial score (nSPS) is 22.4. The minimum Gasteiger partial charge on any atom is -0.383 e. The molecule has 0 aromatic heterocycles. The van der Waals surface area contributed by atoms with Gasteiger partial charge in [0.05, 0.1) is 12.6 Å². The van der Waals surface area contributed by atoms with Crippen LogP contribution in [0.5, 0.6) is 0 Å². The number of likely N-dealkylation sites (tertiary alicyclic amines) is 1. The fourth-order valence-electron chi connectivity index (χ4n) is 1.92. The van der Waals surface area contributed by atoms with Crippen LogP contribution in [0.1, 0.15) is 25.7 Å². The Labute approximate surface area is 90.4 Å². The molecular formula is C10H18ClNO2. The number of methoxy groups -OCH3 is 1.